The van der Waals surface area contributed by atoms with Gasteiger partial charge in [0.05, 0.1) is 0 Å². The third kappa shape index (κ3) is 3.40. The quantitative estimate of drug-likeness (QED) is 0.726. The first-order chi connectivity index (χ1) is 12.0. The maximum Gasteiger partial charge on any atom is 0.107 e. The molecule has 0 amide bonds. The first-order valence-electron chi connectivity index (χ1n) is 9.66. The number of para-hydroxylation sites is 2. The van der Waals surface area contributed by atoms with Crippen LogP contribution < -0.4 is 9.80 Å². The molecule has 1 heterocycles. The van der Waals surface area contributed by atoms with Gasteiger partial charge in [0.1, 0.15) is 6.17 Å². The van der Waals surface area contributed by atoms with Crippen LogP contribution in [0.1, 0.15) is 45.7 Å². The number of hydrogen-bond acceptors (Lipinski definition) is 2. The summed E-state index contributed by atoms with van der Waals surface area (Å²) < 4.78 is 0. The van der Waals surface area contributed by atoms with E-state index in [1.54, 1.807) is 0 Å². The van der Waals surface area contributed by atoms with Crippen molar-refractivity contribution in [1.82, 2.24) is 0 Å². The van der Waals surface area contributed by atoms with Crippen molar-refractivity contribution in [2.24, 2.45) is 5.41 Å². The van der Waals surface area contributed by atoms with Gasteiger partial charge in [0.15, 0.2) is 0 Å². The Morgan fingerprint density at radius 1 is 0.760 bits per heavy atom. The lowest BCUT2D eigenvalue weighted by atomic mass is 9.89. The van der Waals surface area contributed by atoms with E-state index in [1.165, 1.54) is 22.5 Å². The summed E-state index contributed by atoms with van der Waals surface area (Å²) in [6.07, 6.45) is 2.53. The Balaban J connectivity index is 2.05. The van der Waals surface area contributed by atoms with Crippen LogP contribution in [0, 0.1) is 5.41 Å². The van der Waals surface area contributed by atoms with Gasteiger partial charge in [0, 0.05) is 29.9 Å². The molecule has 0 aromatic heterocycles. The molecular weight excluding hydrogens is 304 g/mol. The highest BCUT2D eigenvalue weighted by molar-refractivity contribution is 5.63. The molecule has 0 saturated carbocycles. The van der Waals surface area contributed by atoms with E-state index in [9.17, 15) is 0 Å². The molecule has 25 heavy (non-hydrogen) atoms. The molecule has 0 atom stereocenters. The minimum absolute atomic E-state index is 0.165. The molecule has 0 N–H and O–H groups in total. The molecule has 2 nitrogen and oxygen atoms in total. The molecule has 1 aliphatic heterocycles. The molecule has 2 aromatic carbocycles. The minimum atomic E-state index is 0.165. The first-order valence-corrected chi connectivity index (χ1v) is 9.66. The van der Waals surface area contributed by atoms with Gasteiger partial charge in [0.2, 0.25) is 0 Å². The summed E-state index contributed by atoms with van der Waals surface area (Å²) in [6, 6.07) is 17.8. The Morgan fingerprint density at radius 2 is 1.16 bits per heavy atom. The van der Waals surface area contributed by atoms with Crippen molar-refractivity contribution in [2.75, 3.05) is 22.9 Å². The van der Waals surface area contributed by atoms with E-state index in [-0.39, 0.29) is 5.41 Å². The highest BCUT2D eigenvalue weighted by Crippen LogP contribution is 2.39. The zero-order valence-electron chi connectivity index (χ0n) is 16.4. The Morgan fingerprint density at radius 3 is 1.52 bits per heavy atom. The van der Waals surface area contributed by atoms with Gasteiger partial charge < -0.3 is 9.80 Å². The number of aryl methyl sites for hydroxylation is 2. The fourth-order valence-electron chi connectivity index (χ4n) is 4.25. The predicted molar refractivity (Wildman–Crippen MR) is 110 cm³/mol. The second-order valence-electron chi connectivity index (χ2n) is 8.09. The zero-order chi connectivity index (χ0) is 18.0. The monoisotopic (exact) mass is 336 g/mol. The van der Waals surface area contributed by atoms with Crippen LogP contribution in [0.2, 0.25) is 0 Å². The second kappa shape index (κ2) is 7.11. The van der Waals surface area contributed by atoms with Crippen molar-refractivity contribution >= 4 is 11.4 Å². The lowest BCUT2D eigenvalue weighted by Crippen LogP contribution is -2.48. The highest BCUT2D eigenvalue weighted by Gasteiger charge is 2.41. The van der Waals surface area contributed by atoms with Crippen LogP contribution in [0.15, 0.2) is 48.5 Å². The van der Waals surface area contributed by atoms with E-state index in [0.717, 1.165) is 25.9 Å². The van der Waals surface area contributed by atoms with E-state index >= 15 is 0 Å². The summed E-state index contributed by atoms with van der Waals surface area (Å²) in [7, 11) is 0. The largest absolute Gasteiger partial charge is 0.349 e. The van der Waals surface area contributed by atoms with Gasteiger partial charge in [-0.15, -0.1) is 0 Å². The smallest absolute Gasteiger partial charge is 0.107 e. The topological polar surface area (TPSA) is 6.48 Å². The predicted octanol–water partition coefficient (Wildman–Crippen LogP) is 5.51. The van der Waals surface area contributed by atoms with Gasteiger partial charge in [-0.25, -0.2) is 0 Å². The van der Waals surface area contributed by atoms with E-state index in [2.05, 4.69) is 92.9 Å². The summed E-state index contributed by atoms with van der Waals surface area (Å²) in [5.74, 6) is 0. The maximum absolute atomic E-state index is 2.63. The number of nitrogens with zero attached hydrogens (tertiary/aromatic N) is 2. The molecule has 0 spiro atoms. The van der Waals surface area contributed by atoms with Crippen LogP contribution in [0.5, 0.6) is 0 Å². The molecule has 0 radical (unpaired) electrons. The van der Waals surface area contributed by atoms with Gasteiger partial charge in [-0.2, -0.15) is 0 Å². The van der Waals surface area contributed by atoms with Crippen molar-refractivity contribution < 1.29 is 0 Å². The van der Waals surface area contributed by atoms with Gasteiger partial charge in [-0.1, -0.05) is 71.0 Å². The van der Waals surface area contributed by atoms with Crippen molar-refractivity contribution in [3.63, 3.8) is 0 Å². The third-order valence-electron chi connectivity index (χ3n) is 5.31. The number of anilines is 2. The number of benzene rings is 2. The summed E-state index contributed by atoms with van der Waals surface area (Å²) >= 11 is 0. The standard InChI is InChI=1S/C23H32N2/c1-6-18-12-8-10-14-20(18)24-16-17-25(22(24)23(3,4)5)21-15-11-9-13-19(21)7-2/h8-15,22H,6-7,16-17H2,1-5H3. The van der Waals surface area contributed by atoms with Crippen LogP contribution in [0.3, 0.4) is 0 Å². The van der Waals surface area contributed by atoms with E-state index < -0.39 is 0 Å². The van der Waals surface area contributed by atoms with E-state index in [4.69, 9.17) is 0 Å². The fraction of sp³-hybridized carbons (Fsp3) is 0.478. The number of rotatable bonds is 4. The summed E-state index contributed by atoms with van der Waals surface area (Å²) in [5.41, 5.74) is 5.87. The van der Waals surface area contributed by atoms with E-state index in [1.807, 2.05) is 0 Å². The van der Waals surface area contributed by atoms with Crippen LogP contribution in [0.4, 0.5) is 11.4 Å². The highest BCUT2D eigenvalue weighted by atomic mass is 15.4. The van der Waals surface area contributed by atoms with E-state index in [0.29, 0.717) is 6.17 Å². The summed E-state index contributed by atoms with van der Waals surface area (Å²) in [5, 5.41) is 0. The molecule has 1 aliphatic rings. The van der Waals surface area contributed by atoms with Crippen LogP contribution in [-0.4, -0.2) is 19.3 Å². The Labute approximate surface area is 153 Å². The van der Waals surface area contributed by atoms with Gasteiger partial charge in [-0.3, -0.25) is 0 Å². The van der Waals surface area contributed by atoms with Crippen molar-refractivity contribution in [2.45, 2.75) is 53.6 Å². The molecular formula is C23H32N2. The average molecular weight is 337 g/mol. The van der Waals surface area contributed by atoms with Crippen molar-refractivity contribution in [3.05, 3.63) is 59.7 Å². The average Bonchev–Trinajstić information content (AvgIpc) is 3.06. The molecule has 2 heteroatoms. The lowest BCUT2D eigenvalue weighted by molar-refractivity contribution is 0.322. The Hall–Kier alpha value is -1.96. The van der Waals surface area contributed by atoms with Crippen LogP contribution in [-0.2, 0) is 12.8 Å². The van der Waals surface area contributed by atoms with Crippen molar-refractivity contribution in [3.8, 4) is 0 Å². The molecule has 3 rings (SSSR count). The molecule has 2 aromatic rings. The Kier molecular flexibility index (Phi) is 5.08. The summed E-state index contributed by atoms with van der Waals surface area (Å²) in [4.78, 5) is 5.26. The third-order valence-corrected chi connectivity index (χ3v) is 5.31. The number of hydrogen-bond donors (Lipinski definition) is 0. The molecule has 0 unspecified atom stereocenters. The van der Waals surface area contributed by atoms with Gasteiger partial charge >= 0.3 is 0 Å². The first kappa shape index (κ1) is 17.8. The van der Waals surface area contributed by atoms with Gasteiger partial charge in [-0.05, 0) is 36.1 Å². The molecule has 134 valence electrons. The minimum Gasteiger partial charge on any atom is -0.349 e. The molecule has 1 saturated heterocycles. The normalized spacial score (nSPS) is 15.9. The fourth-order valence-corrected chi connectivity index (χ4v) is 4.25. The zero-order valence-corrected chi connectivity index (χ0v) is 16.4. The summed E-state index contributed by atoms with van der Waals surface area (Å²) in [6.45, 7) is 13.8. The van der Waals surface area contributed by atoms with Crippen LogP contribution in [0.25, 0.3) is 0 Å². The molecule has 0 bridgehead atoms. The Bertz CT molecular complexity index is 659. The second-order valence-corrected chi connectivity index (χ2v) is 8.09. The molecule has 0 aliphatic carbocycles. The van der Waals surface area contributed by atoms with Crippen molar-refractivity contribution in [1.29, 1.82) is 0 Å². The SMILES string of the molecule is CCc1ccccc1N1CCN(c2ccccc2CC)C1C(C)(C)C. The maximum atomic E-state index is 2.63. The lowest BCUT2D eigenvalue weighted by Gasteiger charge is -2.42. The van der Waals surface area contributed by atoms with Gasteiger partial charge in [0.25, 0.3) is 0 Å². The van der Waals surface area contributed by atoms with Crippen LogP contribution >= 0.6 is 0 Å². The molecule has 1 fully saturated rings.